The number of aromatic nitrogens is 1. The first-order valence-corrected chi connectivity index (χ1v) is 7.57. The zero-order valence-corrected chi connectivity index (χ0v) is 12.4. The van der Waals surface area contributed by atoms with E-state index in [4.69, 9.17) is 0 Å². The van der Waals surface area contributed by atoms with Gasteiger partial charge in [0.2, 0.25) is 0 Å². The number of carbonyl (C=O) groups is 1. The van der Waals surface area contributed by atoms with Crippen LogP contribution in [0.2, 0.25) is 0 Å². The van der Waals surface area contributed by atoms with Crippen LogP contribution < -0.4 is 10.6 Å². The summed E-state index contributed by atoms with van der Waals surface area (Å²) in [6.07, 6.45) is 4.03. The molecule has 110 valence electrons. The number of benzene rings is 1. The Morgan fingerprint density at radius 2 is 2.24 bits per heavy atom. The Labute approximate surface area is 125 Å². The number of nitrogens with one attached hydrogen (secondary N) is 2. The number of rotatable bonds is 4. The highest BCUT2D eigenvalue weighted by Crippen LogP contribution is 2.19. The minimum atomic E-state index is -0.0443. The number of hydrogen-bond donors (Lipinski definition) is 2. The molecule has 0 saturated carbocycles. The van der Waals surface area contributed by atoms with Gasteiger partial charge in [-0.1, -0.05) is 13.0 Å². The molecule has 3 rings (SSSR count). The summed E-state index contributed by atoms with van der Waals surface area (Å²) >= 11 is 0. The van der Waals surface area contributed by atoms with E-state index in [1.54, 1.807) is 0 Å². The van der Waals surface area contributed by atoms with Crippen LogP contribution in [-0.4, -0.2) is 17.0 Å². The summed E-state index contributed by atoms with van der Waals surface area (Å²) in [7, 11) is 0. The van der Waals surface area contributed by atoms with E-state index in [0.717, 1.165) is 38.2 Å². The molecule has 1 aromatic carbocycles. The Balaban J connectivity index is 1.76. The van der Waals surface area contributed by atoms with E-state index in [2.05, 4.69) is 29.7 Å². The minimum absolute atomic E-state index is 0.0443. The van der Waals surface area contributed by atoms with Gasteiger partial charge in [-0.2, -0.15) is 0 Å². The molecule has 0 bridgehead atoms. The zero-order chi connectivity index (χ0) is 14.7. The average molecular weight is 283 g/mol. The SMILES string of the molecule is CCCn1cccc1C(=O)Nc1ccc2c(c1)CNCC2. The highest BCUT2D eigenvalue weighted by molar-refractivity contribution is 6.03. The maximum absolute atomic E-state index is 12.4. The Kier molecular flexibility index (Phi) is 4.06. The van der Waals surface area contributed by atoms with Gasteiger partial charge >= 0.3 is 0 Å². The summed E-state index contributed by atoms with van der Waals surface area (Å²) in [5.41, 5.74) is 4.24. The Morgan fingerprint density at radius 1 is 1.33 bits per heavy atom. The number of amides is 1. The van der Waals surface area contributed by atoms with E-state index < -0.39 is 0 Å². The quantitative estimate of drug-likeness (QED) is 0.906. The summed E-state index contributed by atoms with van der Waals surface area (Å²) in [6, 6.07) is 9.98. The second-order valence-electron chi connectivity index (χ2n) is 5.45. The maximum Gasteiger partial charge on any atom is 0.272 e. The van der Waals surface area contributed by atoms with E-state index in [0.29, 0.717) is 5.69 Å². The fourth-order valence-electron chi connectivity index (χ4n) is 2.81. The molecule has 0 unspecified atom stereocenters. The normalized spacial score (nSPS) is 13.8. The van der Waals surface area contributed by atoms with E-state index in [9.17, 15) is 4.79 Å². The van der Waals surface area contributed by atoms with Crippen molar-refractivity contribution in [3.8, 4) is 0 Å². The van der Waals surface area contributed by atoms with Crippen LogP contribution in [-0.2, 0) is 19.5 Å². The summed E-state index contributed by atoms with van der Waals surface area (Å²) < 4.78 is 2.00. The standard InChI is InChI=1S/C17H21N3O/c1-2-9-20-10-3-4-16(20)17(21)19-15-6-5-13-7-8-18-12-14(13)11-15/h3-6,10-11,18H,2,7-9,12H2,1H3,(H,19,21). The Hall–Kier alpha value is -2.07. The second-order valence-corrected chi connectivity index (χ2v) is 5.45. The van der Waals surface area contributed by atoms with Crippen LogP contribution in [0.5, 0.6) is 0 Å². The molecule has 0 fully saturated rings. The number of anilines is 1. The molecule has 21 heavy (non-hydrogen) atoms. The van der Waals surface area contributed by atoms with Gasteiger partial charge < -0.3 is 15.2 Å². The van der Waals surface area contributed by atoms with Gasteiger partial charge in [0.25, 0.3) is 5.91 Å². The molecular formula is C17H21N3O. The molecule has 1 amide bonds. The summed E-state index contributed by atoms with van der Waals surface area (Å²) in [5.74, 6) is -0.0443. The molecule has 2 N–H and O–H groups in total. The van der Waals surface area contributed by atoms with Crippen molar-refractivity contribution in [2.24, 2.45) is 0 Å². The van der Waals surface area contributed by atoms with Gasteiger partial charge in [-0.3, -0.25) is 4.79 Å². The summed E-state index contributed by atoms with van der Waals surface area (Å²) in [4.78, 5) is 12.4. The number of hydrogen-bond acceptors (Lipinski definition) is 2. The lowest BCUT2D eigenvalue weighted by Crippen LogP contribution is -2.24. The number of carbonyl (C=O) groups excluding carboxylic acids is 1. The predicted octanol–water partition coefficient (Wildman–Crippen LogP) is 2.80. The minimum Gasteiger partial charge on any atom is -0.344 e. The van der Waals surface area contributed by atoms with E-state index in [1.807, 2.05) is 29.0 Å². The predicted molar refractivity (Wildman–Crippen MR) is 84.5 cm³/mol. The smallest absolute Gasteiger partial charge is 0.272 e. The number of fused-ring (bicyclic) bond motifs is 1. The van der Waals surface area contributed by atoms with Crippen LogP contribution in [0.3, 0.4) is 0 Å². The topological polar surface area (TPSA) is 46.1 Å². The summed E-state index contributed by atoms with van der Waals surface area (Å²) in [5, 5.41) is 6.36. The first-order valence-electron chi connectivity index (χ1n) is 7.57. The van der Waals surface area contributed by atoms with Crippen LogP contribution in [0.15, 0.2) is 36.5 Å². The fraction of sp³-hybridized carbons (Fsp3) is 0.353. The lowest BCUT2D eigenvalue weighted by molar-refractivity contribution is 0.101. The molecule has 0 spiro atoms. The Morgan fingerprint density at radius 3 is 3.10 bits per heavy atom. The Bertz CT molecular complexity index is 645. The van der Waals surface area contributed by atoms with Crippen molar-refractivity contribution in [3.05, 3.63) is 53.3 Å². The van der Waals surface area contributed by atoms with Gasteiger partial charge in [0.05, 0.1) is 0 Å². The van der Waals surface area contributed by atoms with Crippen molar-refractivity contribution in [2.45, 2.75) is 32.9 Å². The molecule has 0 saturated heterocycles. The molecule has 4 heteroatoms. The molecule has 1 aliphatic rings. The van der Waals surface area contributed by atoms with Gasteiger partial charge in [0, 0.05) is 25.0 Å². The van der Waals surface area contributed by atoms with Crippen LogP contribution in [0.25, 0.3) is 0 Å². The van der Waals surface area contributed by atoms with Crippen molar-refractivity contribution in [1.82, 2.24) is 9.88 Å². The molecule has 2 heterocycles. The van der Waals surface area contributed by atoms with Crippen LogP contribution >= 0.6 is 0 Å². The van der Waals surface area contributed by atoms with Crippen LogP contribution in [0.1, 0.15) is 35.0 Å². The lowest BCUT2D eigenvalue weighted by atomic mass is 10.0. The molecule has 0 atom stereocenters. The zero-order valence-electron chi connectivity index (χ0n) is 12.4. The molecule has 4 nitrogen and oxygen atoms in total. The third-order valence-electron chi connectivity index (χ3n) is 3.88. The highest BCUT2D eigenvalue weighted by Gasteiger charge is 2.13. The van der Waals surface area contributed by atoms with E-state index in [1.165, 1.54) is 11.1 Å². The van der Waals surface area contributed by atoms with Crippen molar-refractivity contribution in [3.63, 3.8) is 0 Å². The van der Waals surface area contributed by atoms with Gasteiger partial charge in [-0.15, -0.1) is 0 Å². The third kappa shape index (κ3) is 3.00. The van der Waals surface area contributed by atoms with Crippen LogP contribution in [0, 0.1) is 0 Å². The lowest BCUT2D eigenvalue weighted by Gasteiger charge is -2.18. The molecule has 1 aliphatic heterocycles. The monoisotopic (exact) mass is 283 g/mol. The fourth-order valence-corrected chi connectivity index (χ4v) is 2.81. The second kappa shape index (κ2) is 6.14. The third-order valence-corrected chi connectivity index (χ3v) is 3.88. The maximum atomic E-state index is 12.4. The van der Waals surface area contributed by atoms with E-state index in [-0.39, 0.29) is 5.91 Å². The van der Waals surface area contributed by atoms with Gasteiger partial charge in [-0.25, -0.2) is 0 Å². The van der Waals surface area contributed by atoms with Gasteiger partial charge in [0.15, 0.2) is 0 Å². The number of aryl methyl sites for hydroxylation is 1. The summed E-state index contributed by atoms with van der Waals surface area (Å²) in [6.45, 7) is 4.89. The molecule has 0 aliphatic carbocycles. The van der Waals surface area contributed by atoms with Gasteiger partial charge in [-0.05, 0) is 54.8 Å². The van der Waals surface area contributed by atoms with Crippen molar-refractivity contribution in [1.29, 1.82) is 0 Å². The largest absolute Gasteiger partial charge is 0.344 e. The highest BCUT2D eigenvalue weighted by atomic mass is 16.1. The van der Waals surface area contributed by atoms with Crippen molar-refractivity contribution < 1.29 is 4.79 Å². The van der Waals surface area contributed by atoms with Crippen molar-refractivity contribution in [2.75, 3.05) is 11.9 Å². The average Bonchev–Trinajstić information content (AvgIpc) is 2.96. The molecule has 1 aromatic heterocycles. The van der Waals surface area contributed by atoms with Crippen LogP contribution in [0.4, 0.5) is 5.69 Å². The van der Waals surface area contributed by atoms with Crippen molar-refractivity contribution >= 4 is 11.6 Å². The van der Waals surface area contributed by atoms with Gasteiger partial charge in [0.1, 0.15) is 5.69 Å². The number of nitrogens with zero attached hydrogens (tertiary/aromatic N) is 1. The molecule has 0 radical (unpaired) electrons. The molecular weight excluding hydrogens is 262 g/mol. The van der Waals surface area contributed by atoms with E-state index >= 15 is 0 Å². The molecule has 2 aromatic rings. The first-order chi connectivity index (χ1) is 10.3. The first kappa shape index (κ1) is 13.9.